The summed E-state index contributed by atoms with van der Waals surface area (Å²) in [6.07, 6.45) is 3.61. The molecule has 2 aromatic rings. The number of amides is 1. The highest BCUT2D eigenvalue weighted by Crippen LogP contribution is 2.22. The summed E-state index contributed by atoms with van der Waals surface area (Å²) in [7, 11) is 1.86. The van der Waals surface area contributed by atoms with Crippen LogP contribution in [-0.2, 0) is 11.2 Å². The van der Waals surface area contributed by atoms with E-state index in [1.807, 2.05) is 13.1 Å². The van der Waals surface area contributed by atoms with Gasteiger partial charge in [0.1, 0.15) is 5.82 Å². The monoisotopic (exact) mass is 321 g/mol. The van der Waals surface area contributed by atoms with Gasteiger partial charge in [-0.25, -0.2) is 9.37 Å². The van der Waals surface area contributed by atoms with Crippen molar-refractivity contribution < 1.29 is 9.18 Å². The quantitative estimate of drug-likeness (QED) is 0.771. The van der Waals surface area contributed by atoms with Gasteiger partial charge in [-0.05, 0) is 44.1 Å². The standard InChI is InChI=1S/C16H20FN3OS/c1-11-5-6-12(9-14(11)17)8-13-10-19-16(22-13)20-15(21)4-3-7-18-2/h5-6,9-10,18H,3-4,7-8H2,1-2H3,(H,19,20,21). The third-order valence-electron chi connectivity index (χ3n) is 3.25. The Labute approximate surface area is 133 Å². The average Bonchev–Trinajstić information content (AvgIpc) is 2.90. The van der Waals surface area contributed by atoms with Crippen molar-refractivity contribution in [3.63, 3.8) is 0 Å². The largest absolute Gasteiger partial charge is 0.320 e. The molecule has 0 radical (unpaired) electrons. The first-order valence-corrected chi connectivity index (χ1v) is 8.04. The minimum atomic E-state index is -0.194. The summed E-state index contributed by atoms with van der Waals surface area (Å²) in [5.74, 6) is -0.224. The number of nitrogens with one attached hydrogen (secondary N) is 2. The van der Waals surface area contributed by atoms with E-state index in [0.717, 1.165) is 23.4 Å². The molecule has 4 nitrogen and oxygen atoms in total. The molecule has 2 rings (SSSR count). The predicted octanol–water partition coefficient (Wildman–Crippen LogP) is 3.12. The van der Waals surface area contributed by atoms with Gasteiger partial charge < -0.3 is 10.6 Å². The van der Waals surface area contributed by atoms with Gasteiger partial charge >= 0.3 is 0 Å². The first-order valence-electron chi connectivity index (χ1n) is 7.22. The maximum Gasteiger partial charge on any atom is 0.226 e. The molecule has 1 aromatic heterocycles. The summed E-state index contributed by atoms with van der Waals surface area (Å²) in [4.78, 5) is 16.9. The number of halogens is 1. The summed E-state index contributed by atoms with van der Waals surface area (Å²) in [6.45, 7) is 2.56. The molecule has 118 valence electrons. The van der Waals surface area contributed by atoms with Crippen molar-refractivity contribution in [3.05, 3.63) is 46.2 Å². The number of aryl methyl sites for hydroxylation is 1. The molecule has 22 heavy (non-hydrogen) atoms. The van der Waals surface area contributed by atoms with E-state index in [2.05, 4.69) is 15.6 Å². The lowest BCUT2D eigenvalue weighted by atomic mass is 10.1. The van der Waals surface area contributed by atoms with Crippen molar-refractivity contribution in [2.45, 2.75) is 26.2 Å². The smallest absolute Gasteiger partial charge is 0.226 e. The van der Waals surface area contributed by atoms with Crippen LogP contribution in [0.25, 0.3) is 0 Å². The summed E-state index contributed by atoms with van der Waals surface area (Å²) < 4.78 is 13.5. The van der Waals surface area contributed by atoms with E-state index < -0.39 is 0 Å². The molecule has 1 heterocycles. The van der Waals surface area contributed by atoms with Crippen molar-refractivity contribution in [2.24, 2.45) is 0 Å². The molecule has 0 aliphatic heterocycles. The Balaban J connectivity index is 1.90. The molecule has 0 fully saturated rings. The second-order valence-electron chi connectivity index (χ2n) is 5.15. The highest BCUT2D eigenvalue weighted by atomic mass is 32.1. The van der Waals surface area contributed by atoms with E-state index in [0.29, 0.717) is 23.5 Å². The van der Waals surface area contributed by atoms with Crippen LogP contribution in [0.15, 0.2) is 24.4 Å². The molecule has 0 saturated heterocycles. The molecule has 6 heteroatoms. The lowest BCUT2D eigenvalue weighted by Gasteiger charge is -2.02. The van der Waals surface area contributed by atoms with Crippen molar-refractivity contribution in [2.75, 3.05) is 18.9 Å². The summed E-state index contributed by atoms with van der Waals surface area (Å²) in [5, 5.41) is 6.39. The van der Waals surface area contributed by atoms with E-state index in [1.54, 1.807) is 25.3 Å². The maximum absolute atomic E-state index is 13.5. The molecule has 0 aliphatic rings. The van der Waals surface area contributed by atoms with Crippen molar-refractivity contribution >= 4 is 22.4 Å². The Morgan fingerprint density at radius 3 is 2.95 bits per heavy atom. The molecule has 0 spiro atoms. The minimum Gasteiger partial charge on any atom is -0.320 e. The highest BCUT2D eigenvalue weighted by Gasteiger charge is 2.08. The van der Waals surface area contributed by atoms with Gasteiger partial charge in [-0.15, -0.1) is 11.3 Å². The number of thiazole rings is 1. The Kier molecular flexibility index (Phi) is 6.03. The number of carbonyl (C=O) groups excluding carboxylic acids is 1. The molecular weight excluding hydrogens is 301 g/mol. The number of nitrogens with zero attached hydrogens (tertiary/aromatic N) is 1. The number of aromatic nitrogens is 1. The number of rotatable bonds is 7. The second kappa shape index (κ2) is 8.00. The van der Waals surface area contributed by atoms with Crippen LogP contribution < -0.4 is 10.6 Å². The van der Waals surface area contributed by atoms with E-state index in [9.17, 15) is 9.18 Å². The third-order valence-corrected chi connectivity index (χ3v) is 4.16. The topological polar surface area (TPSA) is 54.0 Å². The lowest BCUT2D eigenvalue weighted by molar-refractivity contribution is -0.116. The van der Waals surface area contributed by atoms with Gasteiger partial charge in [0.2, 0.25) is 5.91 Å². The van der Waals surface area contributed by atoms with Gasteiger partial charge in [0.15, 0.2) is 5.13 Å². The van der Waals surface area contributed by atoms with Gasteiger partial charge in [-0.1, -0.05) is 12.1 Å². The first-order chi connectivity index (χ1) is 10.6. The van der Waals surface area contributed by atoms with Gasteiger partial charge in [-0.3, -0.25) is 4.79 Å². The van der Waals surface area contributed by atoms with E-state index in [1.165, 1.54) is 11.3 Å². The molecule has 2 N–H and O–H groups in total. The molecule has 0 bridgehead atoms. The Hall–Kier alpha value is -1.79. The second-order valence-corrected chi connectivity index (χ2v) is 6.26. The van der Waals surface area contributed by atoms with Crippen LogP contribution in [0.3, 0.4) is 0 Å². The molecule has 0 unspecified atom stereocenters. The predicted molar refractivity (Wildman–Crippen MR) is 87.8 cm³/mol. The number of benzene rings is 1. The van der Waals surface area contributed by atoms with E-state index in [4.69, 9.17) is 0 Å². The molecule has 0 saturated carbocycles. The number of anilines is 1. The number of carbonyl (C=O) groups is 1. The molecular formula is C16H20FN3OS. The van der Waals surface area contributed by atoms with E-state index in [-0.39, 0.29) is 11.7 Å². The average molecular weight is 321 g/mol. The van der Waals surface area contributed by atoms with E-state index >= 15 is 0 Å². The van der Waals surface area contributed by atoms with Crippen LogP contribution in [0.1, 0.15) is 28.8 Å². The molecule has 0 atom stereocenters. The fraction of sp³-hybridized carbons (Fsp3) is 0.375. The van der Waals surface area contributed by atoms with Crippen molar-refractivity contribution in [1.82, 2.24) is 10.3 Å². The van der Waals surface area contributed by atoms with Crippen LogP contribution in [0.5, 0.6) is 0 Å². The van der Waals surface area contributed by atoms with Crippen LogP contribution in [0.4, 0.5) is 9.52 Å². The summed E-state index contributed by atoms with van der Waals surface area (Å²) in [5.41, 5.74) is 1.54. The van der Waals surface area contributed by atoms with Crippen molar-refractivity contribution in [1.29, 1.82) is 0 Å². The van der Waals surface area contributed by atoms with Crippen LogP contribution in [0, 0.1) is 12.7 Å². The lowest BCUT2D eigenvalue weighted by Crippen LogP contribution is -2.14. The zero-order valence-electron chi connectivity index (χ0n) is 12.8. The van der Waals surface area contributed by atoms with Crippen molar-refractivity contribution in [3.8, 4) is 0 Å². The molecule has 1 aromatic carbocycles. The Morgan fingerprint density at radius 1 is 1.41 bits per heavy atom. The third kappa shape index (κ3) is 4.89. The molecule has 0 aliphatic carbocycles. The zero-order valence-corrected chi connectivity index (χ0v) is 13.6. The zero-order chi connectivity index (χ0) is 15.9. The minimum absolute atomic E-state index is 0.0301. The fourth-order valence-electron chi connectivity index (χ4n) is 2.00. The van der Waals surface area contributed by atoms with Crippen LogP contribution in [0.2, 0.25) is 0 Å². The van der Waals surface area contributed by atoms with Gasteiger partial charge in [0, 0.05) is 23.9 Å². The van der Waals surface area contributed by atoms with Gasteiger partial charge in [0.05, 0.1) is 0 Å². The maximum atomic E-state index is 13.5. The Morgan fingerprint density at radius 2 is 2.23 bits per heavy atom. The fourth-order valence-corrected chi connectivity index (χ4v) is 2.86. The number of hydrogen-bond acceptors (Lipinski definition) is 4. The van der Waals surface area contributed by atoms with Crippen LogP contribution >= 0.6 is 11.3 Å². The number of hydrogen-bond donors (Lipinski definition) is 2. The normalized spacial score (nSPS) is 10.7. The first kappa shape index (κ1) is 16.6. The van der Waals surface area contributed by atoms with Gasteiger partial charge in [-0.2, -0.15) is 0 Å². The summed E-state index contributed by atoms with van der Waals surface area (Å²) >= 11 is 1.42. The SMILES string of the molecule is CNCCCC(=O)Nc1ncc(Cc2ccc(C)c(F)c2)s1. The summed E-state index contributed by atoms with van der Waals surface area (Å²) in [6, 6.07) is 5.23. The molecule has 1 amide bonds. The van der Waals surface area contributed by atoms with Crippen LogP contribution in [-0.4, -0.2) is 24.5 Å². The Bertz CT molecular complexity index is 642. The highest BCUT2D eigenvalue weighted by molar-refractivity contribution is 7.15. The van der Waals surface area contributed by atoms with Gasteiger partial charge in [0.25, 0.3) is 0 Å².